The molecule has 0 aliphatic rings. The van der Waals surface area contributed by atoms with Gasteiger partial charge in [-0.15, -0.1) is 0 Å². The average molecular weight is 501 g/mol. The van der Waals surface area contributed by atoms with E-state index < -0.39 is 17.2 Å². The van der Waals surface area contributed by atoms with Gasteiger partial charge in [-0.3, -0.25) is 23.5 Å². The third-order valence-electron chi connectivity index (χ3n) is 5.88. The fraction of sp³-hybridized carbons (Fsp3) is 0.214. The van der Waals surface area contributed by atoms with Crippen LogP contribution in [0.5, 0.6) is 5.75 Å². The molecular formula is C28H28N4O5. The van der Waals surface area contributed by atoms with E-state index in [0.717, 1.165) is 4.57 Å². The van der Waals surface area contributed by atoms with Crippen molar-refractivity contribution in [2.24, 2.45) is 0 Å². The van der Waals surface area contributed by atoms with Gasteiger partial charge >= 0.3 is 5.69 Å². The summed E-state index contributed by atoms with van der Waals surface area (Å²) in [5.74, 6) is 0.0402. The van der Waals surface area contributed by atoms with Gasteiger partial charge in [-0.1, -0.05) is 36.4 Å². The number of amides is 2. The highest BCUT2D eigenvalue weighted by Gasteiger charge is 2.15. The second-order valence-electron chi connectivity index (χ2n) is 8.49. The smallest absolute Gasteiger partial charge is 0.331 e. The van der Waals surface area contributed by atoms with Gasteiger partial charge in [-0.05, 0) is 49.2 Å². The largest absolute Gasteiger partial charge is 0.497 e. The maximum atomic E-state index is 13.3. The normalized spacial score (nSPS) is 10.7. The van der Waals surface area contributed by atoms with E-state index in [1.165, 1.54) is 11.7 Å². The van der Waals surface area contributed by atoms with Crippen molar-refractivity contribution in [3.63, 3.8) is 0 Å². The molecular weight excluding hydrogens is 472 g/mol. The van der Waals surface area contributed by atoms with E-state index >= 15 is 0 Å². The summed E-state index contributed by atoms with van der Waals surface area (Å²) < 4.78 is 7.62. The molecule has 0 saturated carbocycles. The number of anilines is 2. The molecule has 0 spiro atoms. The molecule has 0 saturated heterocycles. The zero-order valence-electron chi connectivity index (χ0n) is 20.5. The molecule has 1 aromatic heterocycles. The lowest BCUT2D eigenvalue weighted by molar-refractivity contribution is -0.117. The Labute approximate surface area is 213 Å². The molecule has 0 atom stereocenters. The van der Waals surface area contributed by atoms with Gasteiger partial charge in [0.2, 0.25) is 11.8 Å². The summed E-state index contributed by atoms with van der Waals surface area (Å²) in [5, 5.41) is 5.93. The van der Waals surface area contributed by atoms with Crippen LogP contribution in [0.3, 0.4) is 0 Å². The second-order valence-corrected chi connectivity index (χ2v) is 8.49. The van der Waals surface area contributed by atoms with Gasteiger partial charge in [0.05, 0.1) is 18.0 Å². The third kappa shape index (κ3) is 6.32. The van der Waals surface area contributed by atoms with E-state index in [9.17, 15) is 19.2 Å². The van der Waals surface area contributed by atoms with Crippen LogP contribution in [0, 0.1) is 0 Å². The third-order valence-corrected chi connectivity index (χ3v) is 5.88. The van der Waals surface area contributed by atoms with Crippen LogP contribution in [-0.4, -0.2) is 28.1 Å². The number of nitrogens with one attached hydrogen (secondary N) is 2. The monoisotopic (exact) mass is 500 g/mol. The van der Waals surface area contributed by atoms with Crippen molar-refractivity contribution in [1.29, 1.82) is 0 Å². The fourth-order valence-electron chi connectivity index (χ4n) is 4.07. The van der Waals surface area contributed by atoms with Crippen LogP contribution in [0.15, 0.2) is 88.5 Å². The summed E-state index contributed by atoms with van der Waals surface area (Å²) in [6.45, 7) is -0.130. The zero-order valence-corrected chi connectivity index (χ0v) is 20.5. The van der Waals surface area contributed by atoms with Crippen molar-refractivity contribution in [2.75, 3.05) is 17.7 Å². The number of nitrogens with zero attached hydrogens (tertiary/aromatic N) is 2. The topological polar surface area (TPSA) is 111 Å². The second kappa shape index (κ2) is 11.9. The van der Waals surface area contributed by atoms with Crippen LogP contribution in [0.1, 0.15) is 19.3 Å². The molecule has 3 aromatic carbocycles. The number of rotatable bonds is 10. The highest BCUT2D eigenvalue weighted by atomic mass is 16.5. The first-order valence-electron chi connectivity index (χ1n) is 12.0. The van der Waals surface area contributed by atoms with Crippen LogP contribution < -0.4 is 26.6 Å². The number of carbonyl (C=O) groups is 2. The number of fused-ring (bicyclic) bond motifs is 1. The number of ether oxygens (including phenoxy) is 1. The Morgan fingerprint density at radius 2 is 1.49 bits per heavy atom. The Bertz CT molecular complexity index is 1530. The lowest BCUT2D eigenvalue weighted by Gasteiger charge is -2.14. The average Bonchev–Trinajstić information content (AvgIpc) is 2.91. The maximum absolute atomic E-state index is 13.3. The Hall–Kier alpha value is -4.66. The van der Waals surface area contributed by atoms with Crippen molar-refractivity contribution in [3.8, 4) is 5.75 Å². The van der Waals surface area contributed by atoms with E-state index in [-0.39, 0.29) is 25.4 Å². The summed E-state index contributed by atoms with van der Waals surface area (Å²) in [6.07, 6.45) is 1.20. The number of para-hydroxylation sites is 2. The Balaban J connectivity index is 1.48. The molecule has 9 nitrogen and oxygen atoms in total. The number of carbonyl (C=O) groups excluding carboxylic acids is 2. The first-order chi connectivity index (χ1) is 18.0. The molecule has 0 unspecified atom stereocenters. The summed E-state index contributed by atoms with van der Waals surface area (Å²) in [4.78, 5) is 51.4. The molecule has 1 heterocycles. The van der Waals surface area contributed by atoms with E-state index in [1.807, 2.05) is 18.2 Å². The number of hydrogen-bond acceptors (Lipinski definition) is 5. The quantitative estimate of drug-likeness (QED) is 0.323. The first-order valence-corrected chi connectivity index (χ1v) is 12.0. The van der Waals surface area contributed by atoms with Gasteiger partial charge in [0.1, 0.15) is 12.3 Å². The number of benzene rings is 3. The zero-order chi connectivity index (χ0) is 26.2. The van der Waals surface area contributed by atoms with Gasteiger partial charge in [-0.2, -0.15) is 0 Å². The van der Waals surface area contributed by atoms with E-state index in [4.69, 9.17) is 4.74 Å². The van der Waals surface area contributed by atoms with Gasteiger partial charge in [-0.25, -0.2) is 4.79 Å². The predicted octanol–water partition coefficient (Wildman–Crippen LogP) is 3.62. The van der Waals surface area contributed by atoms with Crippen molar-refractivity contribution in [1.82, 2.24) is 9.13 Å². The van der Waals surface area contributed by atoms with Crippen LogP contribution in [0.2, 0.25) is 0 Å². The summed E-state index contributed by atoms with van der Waals surface area (Å²) in [7, 11) is 1.53. The molecule has 4 rings (SSSR count). The molecule has 190 valence electrons. The highest BCUT2D eigenvalue weighted by Crippen LogP contribution is 2.17. The minimum atomic E-state index is -0.571. The van der Waals surface area contributed by atoms with Gasteiger partial charge < -0.3 is 15.4 Å². The maximum Gasteiger partial charge on any atom is 0.331 e. The van der Waals surface area contributed by atoms with Crippen molar-refractivity contribution in [2.45, 2.75) is 32.4 Å². The minimum Gasteiger partial charge on any atom is -0.497 e. The van der Waals surface area contributed by atoms with Crippen molar-refractivity contribution < 1.29 is 14.3 Å². The van der Waals surface area contributed by atoms with Crippen LogP contribution in [-0.2, 0) is 22.7 Å². The number of aromatic nitrogens is 2. The lowest BCUT2D eigenvalue weighted by Crippen LogP contribution is -2.41. The fourth-order valence-corrected chi connectivity index (χ4v) is 4.07. The highest BCUT2D eigenvalue weighted by molar-refractivity contribution is 5.92. The molecule has 0 aliphatic carbocycles. The minimum absolute atomic E-state index is 0.135. The Morgan fingerprint density at radius 1 is 0.784 bits per heavy atom. The molecule has 2 amide bonds. The number of hydrogen-bond donors (Lipinski definition) is 2. The van der Waals surface area contributed by atoms with Crippen molar-refractivity contribution >= 4 is 34.1 Å². The van der Waals surface area contributed by atoms with E-state index in [0.29, 0.717) is 40.9 Å². The lowest BCUT2D eigenvalue weighted by atomic mass is 10.2. The summed E-state index contributed by atoms with van der Waals surface area (Å²) in [5.41, 5.74) is 0.644. The molecule has 9 heteroatoms. The molecule has 0 bridgehead atoms. The number of methoxy groups -OCH3 is 1. The molecule has 4 aromatic rings. The first kappa shape index (κ1) is 25.4. The van der Waals surface area contributed by atoms with Crippen LogP contribution in [0.25, 0.3) is 10.9 Å². The Kier molecular flexibility index (Phi) is 8.15. The van der Waals surface area contributed by atoms with Crippen LogP contribution in [0.4, 0.5) is 11.4 Å². The van der Waals surface area contributed by atoms with E-state index in [1.54, 1.807) is 60.7 Å². The summed E-state index contributed by atoms with van der Waals surface area (Å²) in [6, 6.07) is 22.8. The Morgan fingerprint density at radius 3 is 2.27 bits per heavy atom. The standard InChI is InChI=1S/C28H28N4O5/c1-37-22-13-9-12-21(18-22)30-26(34)19-32-24-15-6-5-14-23(24)27(35)31(28(32)36)17-8-7-16-25(33)29-20-10-3-2-4-11-20/h2-6,9-15,18H,7-8,16-17,19H2,1H3,(H,29,33)(H,30,34). The van der Waals surface area contributed by atoms with Gasteiger partial charge in [0.15, 0.2) is 0 Å². The van der Waals surface area contributed by atoms with E-state index in [2.05, 4.69) is 10.6 Å². The van der Waals surface area contributed by atoms with Crippen LogP contribution >= 0.6 is 0 Å². The SMILES string of the molecule is COc1cccc(NC(=O)Cn2c(=O)n(CCCCC(=O)Nc3ccccc3)c(=O)c3ccccc32)c1. The van der Waals surface area contributed by atoms with Gasteiger partial charge in [0.25, 0.3) is 5.56 Å². The predicted molar refractivity (Wildman–Crippen MR) is 143 cm³/mol. The molecule has 0 radical (unpaired) electrons. The number of unbranched alkanes of at least 4 members (excludes halogenated alkanes) is 1. The van der Waals surface area contributed by atoms with Crippen molar-refractivity contribution in [3.05, 3.63) is 99.7 Å². The molecule has 2 N–H and O–H groups in total. The molecule has 0 aliphatic heterocycles. The van der Waals surface area contributed by atoms with Gasteiger partial charge in [0, 0.05) is 30.4 Å². The molecule has 37 heavy (non-hydrogen) atoms. The molecule has 0 fully saturated rings. The summed E-state index contributed by atoms with van der Waals surface area (Å²) >= 11 is 0.